The van der Waals surface area contributed by atoms with Crippen LogP contribution < -0.4 is 10.6 Å². The molecule has 26 heavy (non-hydrogen) atoms. The number of carbonyl (C=O) groups excluding carboxylic acids is 2. The summed E-state index contributed by atoms with van der Waals surface area (Å²) in [5.41, 5.74) is 1.37. The van der Waals surface area contributed by atoms with Gasteiger partial charge in [0.1, 0.15) is 0 Å². The van der Waals surface area contributed by atoms with E-state index in [1.165, 1.54) is 13.2 Å². The standard InChI is InChI=1S/C18H14Cl2N2O3S/c1-25-17(24)13-4-2-3-5-15(13)21-18(26)22-16(23)9-7-11-6-8-12(19)10-14(11)20/h2-10H,1H3,(H2,21,22,23,26). The van der Waals surface area contributed by atoms with Gasteiger partial charge in [-0.3, -0.25) is 10.1 Å². The van der Waals surface area contributed by atoms with Crippen molar-refractivity contribution in [2.24, 2.45) is 0 Å². The molecule has 0 aliphatic rings. The fourth-order valence-corrected chi connectivity index (χ4v) is 2.67. The first-order valence-corrected chi connectivity index (χ1v) is 8.49. The molecule has 2 aromatic carbocycles. The predicted octanol–water partition coefficient (Wildman–Crippen LogP) is 4.31. The van der Waals surface area contributed by atoms with Crippen molar-refractivity contribution in [2.45, 2.75) is 0 Å². The minimum atomic E-state index is -0.514. The molecule has 5 nitrogen and oxygen atoms in total. The second-order valence-electron chi connectivity index (χ2n) is 4.98. The molecule has 0 bridgehead atoms. The number of hydrogen-bond acceptors (Lipinski definition) is 4. The zero-order chi connectivity index (χ0) is 19.1. The Labute approximate surface area is 165 Å². The van der Waals surface area contributed by atoms with Gasteiger partial charge >= 0.3 is 5.97 Å². The highest BCUT2D eigenvalue weighted by Gasteiger charge is 2.12. The van der Waals surface area contributed by atoms with Crippen molar-refractivity contribution in [3.63, 3.8) is 0 Å². The average molecular weight is 409 g/mol. The number of carbonyl (C=O) groups is 2. The molecule has 0 aromatic heterocycles. The van der Waals surface area contributed by atoms with Gasteiger partial charge in [0.25, 0.3) is 0 Å². The molecular formula is C18H14Cl2N2O3S. The molecule has 2 N–H and O–H groups in total. The van der Waals surface area contributed by atoms with E-state index in [0.717, 1.165) is 0 Å². The lowest BCUT2D eigenvalue weighted by Crippen LogP contribution is -2.33. The Kier molecular flexibility index (Phi) is 7.15. The molecule has 0 radical (unpaired) electrons. The van der Waals surface area contributed by atoms with Crippen molar-refractivity contribution >= 4 is 64.2 Å². The molecule has 0 saturated heterocycles. The molecule has 0 aliphatic carbocycles. The predicted molar refractivity (Wildman–Crippen MR) is 108 cm³/mol. The van der Waals surface area contributed by atoms with Gasteiger partial charge in [0.2, 0.25) is 5.91 Å². The molecule has 1 amide bonds. The van der Waals surface area contributed by atoms with Crippen molar-refractivity contribution in [2.75, 3.05) is 12.4 Å². The lowest BCUT2D eigenvalue weighted by atomic mass is 10.2. The Hall–Kier alpha value is -2.41. The molecule has 0 saturated carbocycles. The van der Waals surface area contributed by atoms with Crippen LogP contribution in [0.5, 0.6) is 0 Å². The third-order valence-corrected chi connectivity index (χ3v) is 3.96. The number of para-hydroxylation sites is 1. The highest BCUT2D eigenvalue weighted by atomic mass is 35.5. The van der Waals surface area contributed by atoms with Crippen LogP contribution in [0.25, 0.3) is 6.08 Å². The lowest BCUT2D eigenvalue weighted by Gasteiger charge is -2.11. The highest BCUT2D eigenvalue weighted by Crippen LogP contribution is 2.22. The van der Waals surface area contributed by atoms with E-state index < -0.39 is 11.9 Å². The number of rotatable bonds is 4. The Balaban J connectivity index is 2.01. The van der Waals surface area contributed by atoms with Crippen LogP contribution in [0.15, 0.2) is 48.5 Å². The van der Waals surface area contributed by atoms with E-state index in [-0.39, 0.29) is 5.11 Å². The second-order valence-corrected chi connectivity index (χ2v) is 6.23. The van der Waals surface area contributed by atoms with Crippen molar-refractivity contribution in [3.05, 3.63) is 69.7 Å². The maximum absolute atomic E-state index is 12.0. The number of ether oxygens (including phenoxy) is 1. The number of halogens is 2. The summed E-state index contributed by atoms with van der Waals surface area (Å²) in [6.07, 6.45) is 2.83. The van der Waals surface area contributed by atoms with E-state index in [9.17, 15) is 9.59 Å². The maximum atomic E-state index is 12.0. The molecule has 2 rings (SSSR count). The Morgan fingerprint density at radius 3 is 2.58 bits per heavy atom. The minimum absolute atomic E-state index is 0.0400. The van der Waals surface area contributed by atoms with Crippen molar-refractivity contribution in [3.8, 4) is 0 Å². The quantitative estimate of drug-likeness (QED) is 0.448. The minimum Gasteiger partial charge on any atom is -0.465 e. The van der Waals surface area contributed by atoms with Crippen molar-refractivity contribution < 1.29 is 14.3 Å². The van der Waals surface area contributed by atoms with Crippen LogP contribution in [0.2, 0.25) is 10.0 Å². The normalized spacial score (nSPS) is 10.4. The summed E-state index contributed by atoms with van der Waals surface area (Å²) in [4.78, 5) is 23.7. The number of anilines is 1. The number of thiocarbonyl (C=S) groups is 1. The Morgan fingerprint density at radius 1 is 1.15 bits per heavy atom. The first kappa shape index (κ1) is 19.9. The molecule has 0 atom stereocenters. The van der Waals surface area contributed by atoms with Crippen LogP contribution in [0.4, 0.5) is 5.69 Å². The summed E-state index contributed by atoms with van der Waals surface area (Å²) < 4.78 is 4.70. The summed E-state index contributed by atoms with van der Waals surface area (Å²) in [6, 6.07) is 11.6. The molecule has 0 unspecified atom stereocenters. The van der Waals surface area contributed by atoms with Crippen LogP contribution >= 0.6 is 35.4 Å². The Bertz CT molecular complexity index is 884. The van der Waals surface area contributed by atoms with Crippen LogP contribution in [0.3, 0.4) is 0 Å². The van der Waals surface area contributed by atoms with E-state index in [1.807, 2.05) is 0 Å². The van der Waals surface area contributed by atoms with Crippen LogP contribution in [0, 0.1) is 0 Å². The number of hydrogen-bond donors (Lipinski definition) is 2. The van der Waals surface area contributed by atoms with Crippen molar-refractivity contribution in [1.82, 2.24) is 5.32 Å². The highest BCUT2D eigenvalue weighted by molar-refractivity contribution is 7.80. The Morgan fingerprint density at radius 2 is 1.88 bits per heavy atom. The molecule has 8 heteroatoms. The van der Waals surface area contributed by atoms with Crippen LogP contribution in [-0.4, -0.2) is 24.1 Å². The summed E-state index contributed by atoms with van der Waals surface area (Å²) in [5.74, 6) is -0.969. The van der Waals surface area contributed by atoms with E-state index in [1.54, 1.807) is 48.5 Å². The van der Waals surface area contributed by atoms with Gasteiger partial charge in [-0.1, -0.05) is 41.4 Å². The van der Waals surface area contributed by atoms with E-state index >= 15 is 0 Å². The average Bonchev–Trinajstić information content (AvgIpc) is 2.60. The molecule has 0 spiro atoms. The van der Waals surface area contributed by atoms with Gasteiger partial charge in [0, 0.05) is 16.1 Å². The topological polar surface area (TPSA) is 67.4 Å². The summed E-state index contributed by atoms with van der Waals surface area (Å²) in [6.45, 7) is 0. The smallest absolute Gasteiger partial charge is 0.339 e. The van der Waals surface area contributed by atoms with Gasteiger partial charge in [0.05, 0.1) is 18.4 Å². The second kappa shape index (κ2) is 9.33. The largest absolute Gasteiger partial charge is 0.465 e. The number of methoxy groups -OCH3 is 1. The zero-order valence-electron chi connectivity index (χ0n) is 13.6. The van der Waals surface area contributed by atoms with E-state index in [2.05, 4.69) is 10.6 Å². The van der Waals surface area contributed by atoms with Gasteiger partial charge in [-0.25, -0.2) is 4.79 Å². The summed E-state index contributed by atoms with van der Waals surface area (Å²) in [7, 11) is 1.28. The number of amides is 1. The van der Waals surface area contributed by atoms with Gasteiger partial charge in [-0.2, -0.15) is 0 Å². The molecule has 0 fully saturated rings. The maximum Gasteiger partial charge on any atom is 0.339 e. The fraction of sp³-hybridized carbons (Fsp3) is 0.0556. The van der Waals surface area contributed by atoms with Gasteiger partial charge in [-0.15, -0.1) is 0 Å². The van der Waals surface area contributed by atoms with Gasteiger partial charge in [0.15, 0.2) is 5.11 Å². The summed E-state index contributed by atoms with van der Waals surface area (Å²) >= 11 is 17.0. The van der Waals surface area contributed by atoms with E-state index in [4.69, 9.17) is 40.2 Å². The SMILES string of the molecule is COC(=O)c1ccccc1NC(=S)NC(=O)C=Cc1ccc(Cl)cc1Cl. The molecular weight excluding hydrogens is 395 g/mol. The van der Waals surface area contributed by atoms with Gasteiger partial charge in [-0.05, 0) is 48.1 Å². The first-order valence-electron chi connectivity index (χ1n) is 7.33. The number of nitrogens with one attached hydrogen (secondary N) is 2. The van der Waals surface area contributed by atoms with Crippen molar-refractivity contribution in [1.29, 1.82) is 0 Å². The first-order chi connectivity index (χ1) is 12.4. The lowest BCUT2D eigenvalue weighted by molar-refractivity contribution is -0.115. The summed E-state index contributed by atoms with van der Waals surface area (Å²) in [5, 5.41) is 6.25. The molecule has 0 aliphatic heterocycles. The van der Waals surface area contributed by atoms with Gasteiger partial charge < -0.3 is 10.1 Å². The van der Waals surface area contributed by atoms with Crippen LogP contribution in [0.1, 0.15) is 15.9 Å². The molecule has 0 heterocycles. The van der Waals surface area contributed by atoms with E-state index in [0.29, 0.717) is 26.9 Å². The third-order valence-electron chi connectivity index (χ3n) is 3.19. The molecule has 134 valence electrons. The molecule has 2 aromatic rings. The number of esters is 1. The monoisotopic (exact) mass is 408 g/mol. The third kappa shape index (κ3) is 5.56. The number of benzene rings is 2. The van der Waals surface area contributed by atoms with Crippen LogP contribution in [-0.2, 0) is 9.53 Å². The zero-order valence-corrected chi connectivity index (χ0v) is 15.9. The fourth-order valence-electron chi connectivity index (χ4n) is 1.99.